The van der Waals surface area contributed by atoms with Gasteiger partial charge >= 0.3 is 0 Å². The van der Waals surface area contributed by atoms with E-state index in [0.29, 0.717) is 5.82 Å². The molecule has 0 aliphatic carbocycles. The van der Waals surface area contributed by atoms with Crippen molar-refractivity contribution in [2.24, 2.45) is 12.8 Å². The number of nitrogens with one attached hydrogen (secondary N) is 1. The standard InChI is InChI=1S/C11H12N4O2S/c1-15-11(8(6-13-15)10(12)17)14-9(16)5-7-3-2-4-18-7/h2-4,6H,5H2,1H3,(H2,12,17)(H,14,16). The Labute approximate surface area is 107 Å². The van der Waals surface area contributed by atoms with Crippen LogP contribution in [0.3, 0.4) is 0 Å². The second-order valence-corrected chi connectivity index (χ2v) is 4.73. The third kappa shape index (κ3) is 2.57. The molecule has 0 aliphatic heterocycles. The van der Waals surface area contributed by atoms with Crippen LogP contribution in [-0.4, -0.2) is 21.6 Å². The van der Waals surface area contributed by atoms with Crippen molar-refractivity contribution < 1.29 is 9.59 Å². The van der Waals surface area contributed by atoms with Crippen LogP contribution >= 0.6 is 11.3 Å². The number of anilines is 1. The first kappa shape index (κ1) is 12.3. The van der Waals surface area contributed by atoms with E-state index in [1.54, 1.807) is 7.05 Å². The van der Waals surface area contributed by atoms with Gasteiger partial charge < -0.3 is 11.1 Å². The van der Waals surface area contributed by atoms with Gasteiger partial charge in [-0.05, 0) is 11.4 Å². The number of rotatable bonds is 4. The summed E-state index contributed by atoms with van der Waals surface area (Å²) in [6.45, 7) is 0. The molecule has 7 heteroatoms. The van der Waals surface area contributed by atoms with Gasteiger partial charge in [-0.1, -0.05) is 6.07 Å². The highest BCUT2D eigenvalue weighted by molar-refractivity contribution is 7.10. The molecule has 0 bridgehead atoms. The van der Waals surface area contributed by atoms with Gasteiger partial charge in [-0.2, -0.15) is 5.10 Å². The van der Waals surface area contributed by atoms with E-state index in [1.165, 1.54) is 22.2 Å². The SMILES string of the molecule is Cn1ncc(C(N)=O)c1NC(=O)Cc1cccs1. The molecule has 0 saturated carbocycles. The molecule has 94 valence electrons. The van der Waals surface area contributed by atoms with Gasteiger partial charge in [-0.3, -0.25) is 14.3 Å². The summed E-state index contributed by atoms with van der Waals surface area (Å²) < 4.78 is 1.41. The molecule has 0 atom stereocenters. The predicted molar refractivity (Wildman–Crippen MR) is 68.4 cm³/mol. The van der Waals surface area contributed by atoms with E-state index in [4.69, 9.17) is 5.73 Å². The Morgan fingerprint density at radius 1 is 1.56 bits per heavy atom. The molecule has 0 fully saturated rings. The number of nitrogens with two attached hydrogens (primary N) is 1. The van der Waals surface area contributed by atoms with Gasteiger partial charge in [0.2, 0.25) is 5.91 Å². The van der Waals surface area contributed by atoms with Crippen molar-refractivity contribution in [3.63, 3.8) is 0 Å². The molecule has 0 unspecified atom stereocenters. The number of carbonyl (C=O) groups is 2. The average molecular weight is 264 g/mol. The van der Waals surface area contributed by atoms with Crippen molar-refractivity contribution in [2.75, 3.05) is 5.32 Å². The first-order valence-electron chi connectivity index (χ1n) is 5.22. The molecule has 2 rings (SSSR count). The van der Waals surface area contributed by atoms with Gasteiger partial charge in [-0.25, -0.2) is 0 Å². The Bertz CT molecular complexity index is 574. The second kappa shape index (κ2) is 5.01. The lowest BCUT2D eigenvalue weighted by molar-refractivity contribution is -0.115. The van der Waals surface area contributed by atoms with Gasteiger partial charge in [-0.15, -0.1) is 11.3 Å². The van der Waals surface area contributed by atoms with Crippen LogP contribution in [-0.2, 0) is 18.3 Å². The van der Waals surface area contributed by atoms with Crippen LogP contribution in [0.15, 0.2) is 23.7 Å². The molecule has 0 radical (unpaired) electrons. The Morgan fingerprint density at radius 3 is 2.94 bits per heavy atom. The predicted octanol–water partition coefficient (Wildman–Crippen LogP) is 0.762. The van der Waals surface area contributed by atoms with Crippen molar-refractivity contribution in [3.05, 3.63) is 34.2 Å². The quantitative estimate of drug-likeness (QED) is 0.854. The molecule has 3 N–H and O–H groups in total. The van der Waals surface area contributed by atoms with Gasteiger partial charge in [0.25, 0.3) is 5.91 Å². The zero-order chi connectivity index (χ0) is 13.1. The Kier molecular flexibility index (Phi) is 3.42. The maximum atomic E-state index is 11.8. The number of aromatic nitrogens is 2. The van der Waals surface area contributed by atoms with Crippen molar-refractivity contribution >= 4 is 29.0 Å². The van der Waals surface area contributed by atoms with Crippen molar-refractivity contribution in [1.29, 1.82) is 0 Å². The summed E-state index contributed by atoms with van der Waals surface area (Å²) in [5.41, 5.74) is 5.40. The summed E-state index contributed by atoms with van der Waals surface area (Å²) in [7, 11) is 1.63. The minimum atomic E-state index is -0.616. The van der Waals surface area contributed by atoms with Gasteiger partial charge in [0.1, 0.15) is 11.4 Å². The van der Waals surface area contributed by atoms with Crippen LogP contribution in [0.1, 0.15) is 15.2 Å². The molecule has 18 heavy (non-hydrogen) atoms. The summed E-state index contributed by atoms with van der Waals surface area (Å²) in [4.78, 5) is 23.9. The zero-order valence-corrected chi connectivity index (χ0v) is 10.5. The third-order valence-electron chi connectivity index (χ3n) is 2.38. The molecule has 0 aliphatic rings. The first-order valence-corrected chi connectivity index (χ1v) is 6.10. The Balaban J connectivity index is 2.11. The highest BCUT2D eigenvalue weighted by atomic mass is 32.1. The van der Waals surface area contributed by atoms with E-state index in [-0.39, 0.29) is 17.9 Å². The van der Waals surface area contributed by atoms with Gasteiger partial charge in [0, 0.05) is 11.9 Å². The largest absolute Gasteiger partial charge is 0.365 e. The summed E-state index contributed by atoms with van der Waals surface area (Å²) in [5.74, 6) is -0.498. The van der Waals surface area contributed by atoms with E-state index in [1.807, 2.05) is 17.5 Å². The molecule has 2 aromatic heterocycles. The van der Waals surface area contributed by atoms with Crippen molar-refractivity contribution in [2.45, 2.75) is 6.42 Å². The lowest BCUT2D eigenvalue weighted by atomic mass is 10.3. The van der Waals surface area contributed by atoms with Gasteiger partial charge in [0.15, 0.2) is 0 Å². The Hall–Kier alpha value is -2.15. The summed E-state index contributed by atoms with van der Waals surface area (Å²) in [6.07, 6.45) is 1.60. The minimum Gasteiger partial charge on any atom is -0.365 e. The maximum Gasteiger partial charge on any atom is 0.254 e. The molecular formula is C11H12N4O2S. The lowest BCUT2D eigenvalue weighted by Crippen LogP contribution is -2.20. The van der Waals surface area contributed by atoms with Crippen LogP contribution in [0.25, 0.3) is 0 Å². The normalized spacial score (nSPS) is 10.3. The number of amides is 2. The van der Waals surface area contributed by atoms with Crippen LogP contribution in [0.2, 0.25) is 0 Å². The van der Waals surface area contributed by atoms with Crippen LogP contribution < -0.4 is 11.1 Å². The van der Waals surface area contributed by atoms with Crippen LogP contribution in [0, 0.1) is 0 Å². The fourth-order valence-corrected chi connectivity index (χ4v) is 2.22. The maximum absolute atomic E-state index is 11.8. The molecule has 2 aromatic rings. The number of carbonyl (C=O) groups excluding carboxylic acids is 2. The Morgan fingerprint density at radius 2 is 2.33 bits per heavy atom. The molecular weight excluding hydrogens is 252 g/mol. The number of aryl methyl sites for hydroxylation is 1. The molecule has 0 spiro atoms. The molecule has 2 amide bonds. The summed E-state index contributed by atoms with van der Waals surface area (Å²) in [6, 6.07) is 3.76. The fourth-order valence-electron chi connectivity index (χ4n) is 1.51. The number of primary amides is 1. The topological polar surface area (TPSA) is 90.0 Å². The summed E-state index contributed by atoms with van der Waals surface area (Å²) >= 11 is 1.50. The van der Waals surface area contributed by atoms with E-state index >= 15 is 0 Å². The van der Waals surface area contributed by atoms with E-state index in [0.717, 1.165) is 4.88 Å². The number of thiophene rings is 1. The number of hydrogen-bond acceptors (Lipinski definition) is 4. The van der Waals surface area contributed by atoms with E-state index < -0.39 is 5.91 Å². The second-order valence-electron chi connectivity index (χ2n) is 3.70. The van der Waals surface area contributed by atoms with Crippen molar-refractivity contribution in [3.8, 4) is 0 Å². The molecule has 0 saturated heterocycles. The highest BCUT2D eigenvalue weighted by Crippen LogP contribution is 2.15. The van der Waals surface area contributed by atoms with Crippen molar-refractivity contribution in [1.82, 2.24) is 9.78 Å². The monoisotopic (exact) mass is 264 g/mol. The fraction of sp³-hybridized carbons (Fsp3) is 0.182. The zero-order valence-electron chi connectivity index (χ0n) is 9.71. The highest BCUT2D eigenvalue weighted by Gasteiger charge is 2.16. The minimum absolute atomic E-state index is 0.205. The average Bonchev–Trinajstić information content (AvgIpc) is 2.90. The third-order valence-corrected chi connectivity index (χ3v) is 3.25. The summed E-state index contributed by atoms with van der Waals surface area (Å²) in [5, 5.41) is 8.44. The first-order chi connectivity index (χ1) is 8.58. The molecule has 0 aromatic carbocycles. The smallest absolute Gasteiger partial charge is 0.254 e. The lowest BCUT2D eigenvalue weighted by Gasteiger charge is -2.06. The number of hydrogen-bond donors (Lipinski definition) is 2. The molecule has 2 heterocycles. The van der Waals surface area contributed by atoms with Crippen LogP contribution in [0.4, 0.5) is 5.82 Å². The number of nitrogens with zero attached hydrogens (tertiary/aromatic N) is 2. The van der Waals surface area contributed by atoms with Crippen LogP contribution in [0.5, 0.6) is 0 Å². The van der Waals surface area contributed by atoms with Gasteiger partial charge in [0.05, 0.1) is 12.6 Å². The van der Waals surface area contributed by atoms with E-state index in [2.05, 4.69) is 10.4 Å². The molecule has 6 nitrogen and oxygen atoms in total. The van der Waals surface area contributed by atoms with E-state index in [9.17, 15) is 9.59 Å².